The average molecular weight is 294 g/mol. The second-order valence-corrected chi connectivity index (χ2v) is 4.91. The van der Waals surface area contributed by atoms with Crippen molar-refractivity contribution < 1.29 is 14.3 Å². The maximum Gasteiger partial charge on any atom is 0.256 e. The Kier molecular flexibility index (Phi) is 7.02. The molecule has 0 fully saturated rings. The lowest BCUT2D eigenvalue weighted by atomic mass is 10.1. The van der Waals surface area contributed by atoms with E-state index < -0.39 is 0 Å². The van der Waals surface area contributed by atoms with Crippen LogP contribution in [0.4, 0.5) is 5.69 Å². The number of methoxy groups -OCH3 is 2. The van der Waals surface area contributed by atoms with Crippen molar-refractivity contribution in [3.8, 4) is 5.75 Å². The molecular formula is C16H26N2O3. The highest BCUT2D eigenvalue weighted by Gasteiger charge is 2.23. The number of ether oxygens (including phenoxy) is 2. The fourth-order valence-corrected chi connectivity index (χ4v) is 2.39. The minimum absolute atomic E-state index is 0.0547. The van der Waals surface area contributed by atoms with Gasteiger partial charge in [-0.3, -0.25) is 4.79 Å². The summed E-state index contributed by atoms with van der Waals surface area (Å²) in [6.07, 6.45) is 1.81. The molecule has 0 atom stereocenters. The molecule has 1 aromatic rings. The van der Waals surface area contributed by atoms with Gasteiger partial charge >= 0.3 is 0 Å². The Morgan fingerprint density at radius 2 is 1.95 bits per heavy atom. The molecule has 21 heavy (non-hydrogen) atoms. The first-order chi connectivity index (χ1) is 10.1. The Morgan fingerprint density at radius 3 is 2.43 bits per heavy atom. The van der Waals surface area contributed by atoms with Crippen molar-refractivity contribution in [1.29, 1.82) is 0 Å². The molecule has 0 saturated carbocycles. The summed E-state index contributed by atoms with van der Waals surface area (Å²) in [6.45, 7) is 5.24. The summed E-state index contributed by atoms with van der Waals surface area (Å²) in [5.41, 5.74) is 6.94. The first kappa shape index (κ1) is 17.3. The molecule has 5 heteroatoms. The van der Waals surface area contributed by atoms with Crippen molar-refractivity contribution >= 4 is 11.6 Å². The number of hydrogen-bond donors (Lipinski definition) is 1. The molecule has 0 bridgehead atoms. The number of carbonyl (C=O) groups is 1. The summed E-state index contributed by atoms with van der Waals surface area (Å²) >= 11 is 0. The van der Waals surface area contributed by atoms with Gasteiger partial charge in [0.1, 0.15) is 5.75 Å². The summed E-state index contributed by atoms with van der Waals surface area (Å²) in [4.78, 5) is 14.6. The van der Waals surface area contributed by atoms with E-state index in [9.17, 15) is 4.79 Å². The van der Waals surface area contributed by atoms with E-state index in [0.717, 1.165) is 12.8 Å². The largest absolute Gasteiger partial charge is 0.497 e. The Labute approximate surface area is 127 Å². The highest BCUT2D eigenvalue weighted by molar-refractivity contribution is 5.99. The number of nitrogens with two attached hydrogens (primary N) is 1. The van der Waals surface area contributed by atoms with Crippen LogP contribution in [0, 0.1) is 0 Å². The summed E-state index contributed by atoms with van der Waals surface area (Å²) in [7, 11) is 3.21. The SMILES string of the molecule is CCC(CC)N(CCOC)C(=O)c1ccc(OC)cc1N. The molecule has 0 radical (unpaired) electrons. The van der Waals surface area contributed by atoms with E-state index in [1.54, 1.807) is 32.4 Å². The lowest BCUT2D eigenvalue weighted by molar-refractivity contribution is 0.0590. The van der Waals surface area contributed by atoms with Crippen molar-refractivity contribution in [1.82, 2.24) is 4.90 Å². The number of amides is 1. The third-order valence-corrected chi connectivity index (χ3v) is 3.67. The average Bonchev–Trinajstić information content (AvgIpc) is 2.50. The minimum atomic E-state index is -0.0547. The van der Waals surface area contributed by atoms with E-state index in [1.165, 1.54) is 0 Å². The quantitative estimate of drug-likeness (QED) is 0.748. The van der Waals surface area contributed by atoms with E-state index in [2.05, 4.69) is 13.8 Å². The summed E-state index contributed by atoms with van der Waals surface area (Å²) in [5, 5.41) is 0. The molecule has 0 aromatic heterocycles. The summed E-state index contributed by atoms with van der Waals surface area (Å²) < 4.78 is 10.2. The Balaban J connectivity index is 3.03. The van der Waals surface area contributed by atoms with Gasteiger partial charge in [0.25, 0.3) is 5.91 Å². The van der Waals surface area contributed by atoms with E-state index in [4.69, 9.17) is 15.2 Å². The van der Waals surface area contributed by atoms with E-state index in [1.807, 2.05) is 4.90 Å². The normalized spacial score (nSPS) is 10.7. The van der Waals surface area contributed by atoms with Crippen LogP contribution in [-0.4, -0.2) is 44.2 Å². The zero-order valence-electron chi connectivity index (χ0n) is 13.4. The predicted octanol–water partition coefficient (Wildman–Crippen LogP) is 2.55. The Hall–Kier alpha value is -1.75. The summed E-state index contributed by atoms with van der Waals surface area (Å²) in [6, 6.07) is 5.34. The van der Waals surface area contributed by atoms with Gasteiger partial charge in [0.2, 0.25) is 0 Å². The second-order valence-electron chi connectivity index (χ2n) is 4.91. The number of anilines is 1. The van der Waals surface area contributed by atoms with Crippen LogP contribution in [-0.2, 0) is 4.74 Å². The second kappa shape index (κ2) is 8.52. The molecule has 0 aliphatic heterocycles. The van der Waals surface area contributed by atoms with Crippen molar-refractivity contribution in [2.75, 3.05) is 33.1 Å². The molecule has 0 aliphatic rings. The van der Waals surface area contributed by atoms with Gasteiger partial charge in [-0.05, 0) is 25.0 Å². The Morgan fingerprint density at radius 1 is 1.29 bits per heavy atom. The van der Waals surface area contributed by atoms with Gasteiger partial charge in [-0.1, -0.05) is 13.8 Å². The van der Waals surface area contributed by atoms with Gasteiger partial charge < -0.3 is 20.1 Å². The van der Waals surface area contributed by atoms with Crippen LogP contribution in [0.15, 0.2) is 18.2 Å². The topological polar surface area (TPSA) is 64.8 Å². The van der Waals surface area contributed by atoms with Crippen molar-refractivity contribution in [3.05, 3.63) is 23.8 Å². The van der Waals surface area contributed by atoms with Crippen LogP contribution in [0.5, 0.6) is 5.75 Å². The molecule has 2 N–H and O–H groups in total. The number of rotatable bonds is 8. The van der Waals surface area contributed by atoms with Gasteiger partial charge in [-0.25, -0.2) is 0 Å². The van der Waals surface area contributed by atoms with Crippen molar-refractivity contribution in [2.24, 2.45) is 0 Å². The van der Waals surface area contributed by atoms with Crippen molar-refractivity contribution in [2.45, 2.75) is 32.7 Å². The van der Waals surface area contributed by atoms with Gasteiger partial charge in [-0.15, -0.1) is 0 Å². The highest BCUT2D eigenvalue weighted by Crippen LogP contribution is 2.22. The van der Waals surface area contributed by atoms with E-state index in [0.29, 0.717) is 30.2 Å². The molecule has 1 rings (SSSR count). The zero-order valence-corrected chi connectivity index (χ0v) is 13.4. The van der Waals surface area contributed by atoms with Crippen LogP contribution < -0.4 is 10.5 Å². The van der Waals surface area contributed by atoms with Crippen LogP contribution in [0.3, 0.4) is 0 Å². The Bertz CT molecular complexity index is 459. The minimum Gasteiger partial charge on any atom is -0.497 e. The lowest BCUT2D eigenvalue weighted by Crippen LogP contribution is -2.42. The maximum atomic E-state index is 12.8. The number of hydrogen-bond acceptors (Lipinski definition) is 4. The van der Waals surface area contributed by atoms with Gasteiger partial charge in [0.15, 0.2) is 0 Å². The third-order valence-electron chi connectivity index (χ3n) is 3.67. The fourth-order valence-electron chi connectivity index (χ4n) is 2.39. The molecule has 1 amide bonds. The van der Waals surface area contributed by atoms with Gasteiger partial charge in [0, 0.05) is 31.5 Å². The molecular weight excluding hydrogens is 268 g/mol. The number of carbonyl (C=O) groups excluding carboxylic acids is 1. The molecule has 0 spiro atoms. The summed E-state index contributed by atoms with van der Waals surface area (Å²) in [5.74, 6) is 0.593. The fraction of sp³-hybridized carbons (Fsp3) is 0.562. The number of nitrogen functional groups attached to an aromatic ring is 1. The van der Waals surface area contributed by atoms with E-state index >= 15 is 0 Å². The smallest absolute Gasteiger partial charge is 0.256 e. The number of benzene rings is 1. The van der Waals surface area contributed by atoms with Gasteiger partial charge in [-0.2, -0.15) is 0 Å². The predicted molar refractivity (Wildman–Crippen MR) is 84.7 cm³/mol. The molecule has 0 aliphatic carbocycles. The maximum absolute atomic E-state index is 12.8. The molecule has 0 heterocycles. The third kappa shape index (κ3) is 4.36. The van der Waals surface area contributed by atoms with Crippen molar-refractivity contribution in [3.63, 3.8) is 0 Å². The monoisotopic (exact) mass is 294 g/mol. The van der Waals surface area contributed by atoms with Gasteiger partial charge in [0.05, 0.1) is 19.3 Å². The molecule has 1 aromatic carbocycles. The number of nitrogens with zero attached hydrogens (tertiary/aromatic N) is 1. The van der Waals surface area contributed by atoms with Crippen LogP contribution in [0.25, 0.3) is 0 Å². The van der Waals surface area contributed by atoms with E-state index in [-0.39, 0.29) is 11.9 Å². The molecule has 0 unspecified atom stereocenters. The molecule has 118 valence electrons. The lowest BCUT2D eigenvalue weighted by Gasteiger charge is -2.31. The first-order valence-corrected chi connectivity index (χ1v) is 7.32. The molecule has 0 saturated heterocycles. The van der Waals surface area contributed by atoms with Crippen LogP contribution >= 0.6 is 0 Å². The molecule has 5 nitrogen and oxygen atoms in total. The first-order valence-electron chi connectivity index (χ1n) is 7.32. The van der Waals surface area contributed by atoms with Crippen LogP contribution in [0.1, 0.15) is 37.0 Å². The standard InChI is InChI=1S/C16H26N2O3/c1-5-12(6-2)18(9-10-20-3)16(19)14-8-7-13(21-4)11-15(14)17/h7-8,11-12H,5-6,9-10,17H2,1-4H3. The zero-order chi connectivity index (χ0) is 15.8. The highest BCUT2D eigenvalue weighted by atomic mass is 16.5. The van der Waals surface area contributed by atoms with Crippen LogP contribution in [0.2, 0.25) is 0 Å².